The van der Waals surface area contributed by atoms with Gasteiger partial charge in [0.05, 0.1) is 0 Å². The second kappa shape index (κ2) is 2.52. The zero-order valence-electron chi connectivity index (χ0n) is 5.89. The third kappa shape index (κ3) is 1.16. The minimum absolute atomic E-state index is 0.137. The molecule has 10 heavy (non-hydrogen) atoms. The Bertz CT molecular complexity index is 253. The van der Waals surface area contributed by atoms with Crippen molar-refractivity contribution < 1.29 is 0 Å². The molecule has 0 saturated heterocycles. The van der Waals surface area contributed by atoms with Crippen LogP contribution in [0.25, 0.3) is 0 Å². The van der Waals surface area contributed by atoms with Crippen molar-refractivity contribution in [3.63, 3.8) is 0 Å². The van der Waals surface area contributed by atoms with Crippen LogP contribution in [0, 0.1) is 12.3 Å². The molecule has 0 unspecified atom stereocenters. The van der Waals surface area contributed by atoms with Gasteiger partial charge in [0.25, 0.3) is 0 Å². The highest BCUT2D eigenvalue weighted by Crippen LogP contribution is 2.04. The average Bonchev–Trinajstić information content (AvgIpc) is 1.88. The maximum atomic E-state index is 7.15. The summed E-state index contributed by atoms with van der Waals surface area (Å²) in [6.45, 7) is 1.94. The molecule has 0 spiro atoms. The van der Waals surface area contributed by atoms with Crippen LogP contribution in [0.1, 0.15) is 11.1 Å². The van der Waals surface area contributed by atoms with Crippen molar-refractivity contribution in [2.45, 2.75) is 6.92 Å². The fraction of sp³-hybridized carbons (Fsp3) is 0.125. The van der Waals surface area contributed by atoms with Crippen LogP contribution in [0.4, 0.5) is 0 Å². The number of aryl methyl sites for hydroxylation is 1. The van der Waals surface area contributed by atoms with E-state index in [0.29, 0.717) is 0 Å². The largest absolute Gasteiger partial charge is 0.384 e. The van der Waals surface area contributed by atoms with E-state index in [1.807, 2.05) is 31.2 Å². The SMILES string of the molecule is Cc1ccccc1C(=N)N. The molecule has 0 amide bonds. The molecule has 0 aromatic heterocycles. The third-order valence-electron chi connectivity index (χ3n) is 1.44. The van der Waals surface area contributed by atoms with Crippen LogP contribution in [0.3, 0.4) is 0 Å². The summed E-state index contributed by atoms with van der Waals surface area (Å²) >= 11 is 0. The minimum atomic E-state index is 0.137. The summed E-state index contributed by atoms with van der Waals surface area (Å²) in [4.78, 5) is 0. The van der Waals surface area contributed by atoms with E-state index in [1.54, 1.807) is 0 Å². The van der Waals surface area contributed by atoms with Crippen LogP contribution < -0.4 is 5.73 Å². The maximum absolute atomic E-state index is 7.15. The summed E-state index contributed by atoms with van der Waals surface area (Å²) in [7, 11) is 0. The smallest absolute Gasteiger partial charge is 0.123 e. The van der Waals surface area contributed by atoms with Crippen LogP contribution in [0.15, 0.2) is 24.3 Å². The van der Waals surface area contributed by atoms with E-state index < -0.39 is 0 Å². The molecule has 52 valence electrons. The van der Waals surface area contributed by atoms with Crippen molar-refractivity contribution in [3.8, 4) is 0 Å². The van der Waals surface area contributed by atoms with Crippen LogP contribution in [-0.4, -0.2) is 5.84 Å². The van der Waals surface area contributed by atoms with Gasteiger partial charge in [-0.1, -0.05) is 24.3 Å². The highest BCUT2D eigenvalue weighted by atomic mass is 14.7. The van der Waals surface area contributed by atoms with Crippen molar-refractivity contribution in [1.82, 2.24) is 0 Å². The quantitative estimate of drug-likeness (QED) is 0.441. The summed E-state index contributed by atoms with van der Waals surface area (Å²) in [5, 5.41) is 7.15. The van der Waals surface area contributed by atoms with E-state index in [9.17, 15) is 0 Å². The molecule has 1 aromatic carbocycles. The van der Waals surface area contributed by atoms with Gasteiger partial charge in [0.1, 0.15) is 5.84 Å². The number of rotatable bonds is 1. The van der Waals surface area contributed by atoms with Crippen molar-refractivity contribution in [1.29, 1.82) is 5.41 Å². The van der Waals surface area contributed by atoms with E-state index >= 15 is 0 Å². The Kier molecular flexibility index (Phi) is 1.71. The van der Waals surface area contributed by atoms with Crippen LogP contribution in [-0.2, 0) is 0 Å². The van der Waals surface area contributed by atoms with Gasteiger partial charge in [0, 0.05) is 5.56 Å². The molecule has 0 atom stereocenters. The molecule has 0 aliphatic carbocycles. The molecule has 0 radical (unpaired) electrons. The fourth-order valence-electron chi connectivity index (χ4n) is 0.875. The second-order valence-electron chi connectivity index (χ2n) is 2.23. The Morgan fingerprint density at radius 3 is 2.40 bits per heavy atom. The lowest BCUT2D eigenvalue weighted by Gasteiger charge is -2.00. The van der Waals surface area contributed by atoms with Crippen LogP contribution in [0.2, 0.25) is 0 Å². The Balaban J connectivity index is 3.15. The number of hydrogen-bond donors (Lipinski definition) is 2. The van der Waals surface area contributed by atoms with Gasteiger partial charge in [-0.05, 0) is 12.5 Å². The number of benzene rings is 1. The molecule has 2 heteroatoms. The number of hydrogen-bond acceptors (Lipinski definition) is 1. The molecule has 0 fully saturated rings. The lowest BCUT2D eigenvalue weighted by molar-refractivity contribution is 1.37. The molecule has 3 N–H and O–H groups in total. The topological polar surface area (TPSA) is 49.9 Å². The normalized spacial score (nSPS) is 9.30. The standard InChI is InChI=1S/C8H10N2/c1-6-4-2-3-5-7(6)8(9)10/h2-5H,1H3,(H3,9,10). The van der Waals surface area contributed by atoms with Gasteiger partial charge in [0.2, 0.25) is 0 Å². The van der Waals surface area contributed by atoms with E-state index in [0.717, 1.165) is 11.1 Å². The van der Waals surface area contributed by atoms with E-state index in [2.05, 4.69) is 0 Å². The zero-order chi connectivity index (χ0) is 7.56. The van der Waals surface area contributed by atoms with Gasteiger partial charge in [-0.25, -0.2) is 0 Å². The van der Waals surface area contributed by atoms with Gasteiger partial charge >= 0.3 is 0 Å². The van der Waals surface area contributed by atoms with Crippen molar-refractivity contribution in [2.24, 2.45) is 5.73 Å². The first-order valence-corrected chi connectivity index (χ1v) is 3.12. The zero-order valence-corrected chi connectivity index (χ0v) is 5.89. The van der Waals surface area contributed by atoms with Crippen LogP contribution in [0.5, 0.6) is 0 Å². The average molecular weight is 134 g/mol. The van der Waals surface area contributed by atoms with Crippen molar-refractivity contribution >= 4 is 5.84 Å². The summed E-state index contributed by atoms with van der Waals surface area (Å²) in [5.41, 5.74) is 7.17. The van der Waals surface area contributed by atoms with E-state index in [4.69, 9.17) is 11.1 Å². The number of nitrogen functional groups attached to an aromatic ring is 1. The predicted molar refractivity (Wildman–Crippen MR) is 42.2 cm³/mol. The summed E-state index contributed by atoms with van der Waals surface area (Å²) < 4.78 is 0. The Hall–Kier alpha value is -1.31. The molecule has 1 rings (SSSR count). The molecule has 1 aromatic rings. The number of nitrogens with one attached hydrogen (secondary N) is 1. The van der Waals surface area contributed by atoms with Crippen LogP contribution >= 0.6 is 0 Å². The molecule has 0 bridgehead atoms. The van der Waals surface area contributed by atoms with Gasteiger partial charge < -0.3 is 5.73 Å². The first-order valence-electron chi connectivity index (χ1n) is 3.12. The van der Waals surface area contributed by atoms with E-state index in [1.165, 1.54) is 0 Å². The Morgan fingerprint density at radius 1 is 1.40 bits per heavy atom. The Morgan fingerprint density at radius 2 is 2.00 bits per heavy atom. The second-order valence-corrected chi connectivity index (χ2v) is 2.23. The maximum Gasteiger partial charge on any atom is 0.123 e. The Labute approximate surface area is 60.2 Å². The van der Waals surface area contributed by atoms with Gasteiger partial charge in [-0.15, -0.1) is 0 Å². The molecule has 0 aliphatic heterocycles. The molecule has 0 saturated carbocycles. The molecule has 2 nitrogen and oxygen atoms in total. The fourth-order valence-corrected chi connectivity index (χ4v) is 0.875. The minimum Gasteiger partial charge on any atom is -0.384 e. The summed E-state index contributed by atoms with van der Waals surface area (Å²) in [6, 6.07) is 7.60. The lowest BCUT2D eigenvalue weighted by Crippen LogP contribution is -2.12. The van der Waals surface area contributed by atoms with Gasteiger partial charge in [-0.2, -0.15) is 0 Å². The third-order valence-corrected chi connectivity index (χ3v) is 1.44. The lowest BCUT2D eigenvalue weighted by atomic mass is 10.1. The summed E-state index contributed by atoms with van der Waals surface area (Å²) in [5.74, 6) is 0.137. The molecular weight excluding hydrogens is 124 g/mol. The van der Waals surface area contributed by atoms with E-state index in [-0.39, 0.29) is 5.84 Å². The van der Waals surface area contributed by atoms with Gasteiger partial charge in [0.15, 0.2) is 0 Å². The molecule has 0 heterocycles. The monoisotopic (exact) mass is 134 g/mol. The predicted octanol–water partition coefficient (Wildman–Crippen LogP) is 1.28. The highest BCUT2D eigenvalue weighted by Gasteiger charge is 1.96. The number of nitrogens with two attached hydrogens (primary N) is 1. The highest BCUT2D eigenvalue weighted by molar-refractivity contribution is 5.96. The van der Waals surface area contributed by atoms with Crippen molar-refractivity contribution in [3.05, 3.63) is 35.4 Å². The molecule has 0 aliphatic rings. The first kappa shape index (κ1) is 6.81. The molecular formula is C8H10N2. The summed E-state index contributed by atoms with van der Waals surface area (Å²) in [6.07, 6.45) is 0. The van der Waals surface area contributed by atoms with Crippen molar-refractivity contribution in [2.75, 3.05) is 0 Å². The van der Waals surface area contributed by atoms with Gasteiger partial charge in [-0.3, -0.25) is 5.41 Å². The number of amidine groups is 1. The first-order chi connectivity index (χ1) is 4.72.